The van der Waals surface area contributed by atoms with Crippen LogP contribution in [0.5, 0.6) is 0 Å². The molecule has 0 atom stereocenters. The van der Waals surface area contributed by atoms with E-state index < -0.39 is 0 Å². The first-order valence-corrected chi connectivity index (χ1v) is 7.91. The average Bonchev–Trinajstić information content (AvgIpc) is 2.60. The summed E-state index contributed by atoms with van der Waals surface area (Å²) >= 11 is 0. The molecule has 2 aromatic heterocycles. The predicted octanol–water partition coefficient (Wildman–Crippen LogP) is 4.00. The first-order chi connectivity index (χ1) is 11.7. The minimum atomic E-state index is -0.0562. The van der Waals surface area contributed by atoms with Crippen LogP contribution >= 0.6 is 0 Å². The molecule has 24 heavy (non-hydrogen) atoms. The number of H-pyrrole nitrogens is 1. The molecule has 0 aliphatic rings. The van der Waals surface area contributed by atoms with Crippen LogP contribution in [0.25, 0.3) is 21.8 Å². The van der Waals surface area contributed by atoms with Gasteiger partial charge in [-0.2, -0.15) is 0 Å². The Morgan fingerprint density at radius 1 is 1.00 bits per heavy atom. The Hall–Kier alpha value is -3.14. The van der Waals surface area contributed by atoms with Gasteiger partial charge in [-0.05, 0) is 48.7 Å². The number of hydrogen-bond donors (Lipinski definition) is 2. The lowest BCUT2D eigenvalue weighted by molar-refractivity contribution is 1.09. The van der Waals surface area contributed by atoms with Crippen molar-refractivity contribution < 1.29 is 0 Å². The lowest BCUT2D eigenvalue weighted by Crippen LogP contribution is -2.15. The molecule has 0 amide bonds. The zero-order valence-electron chi connectivity index (χ0n) is 13.3. The fourth-order valence-corrected chi connectivity index (χ4v) is 2.86. The summed E-state index contributed by atoms with van der Waals surface area (Å²) in [6.07, 6.45) is 0. The van der Waals surface area contributed by atoms with Crippen LogP contribution in [0.15, 0.2) is 65.5 Å². The highest BCUT2D eigenvalue weighted by molar-refractivity contribution is 5.82. The molecule has 0 fully saturated rings. The summed E-state index contributed by atoms with van der Waals surface area (Å²) in [4.78, 5) is 19.6. The van der Waals surface area contributed by atoms with Gasteiger partial charge in [-0.15, -0.1) is 0 Å². The van der Waals surface area contributed by atoms with Crippen molar-refractivity contribution in [1.29, 1.82) is 0 Å². The molecule has 4 aromatic rings. The van der Waals surface area contributed by atoms with Crippen LogP contribution in [-0.4, -0.2) is 9.97 Å². The van der Waals surface area contributed by atoms with Crippen molar-refractivity contribution in [2.45, 2.75) is 13.5 Å². The molecule has 0 unspecified atom stereocenters. The summed E-state index contributed by atoms with van der Waals surface area (Å²) in [6.45, 7) is 2.46. The number of anilines is 1. The third-order valence-electron chi connectivity index (χ3n) is 4.14. The Labute approximate surface area is 139 Å². The Morgan fingerprint density at radius 3 is 2.79 bits per heavy atom. The van der Waals surface area contributed by atoms with Gasteiger partial charge < -0.3 is 10.3 Å². The monoisotopic (exact) mass is 315 g/mol. The van der Waals surface area contributed by atoms with Gasteiger partial charge in [-0.3, -0.25) is 9.78 Å². The molecule has 2 N–H and O–H groups in total. The molecule has 0 spiro atoms. The number of para-hydroxylation sites is 1. The average molecular weight is 315 g/mol. The molecule has 0 radical (unpaired) electrons. The lowest BCUT2D eigenvalue weighted by atomic mass is 10.1. The van der Waals surface area contributed by atoms with Crippen molar-refractivity contribution in [3.05, 3.63) is 82.3 Å². The number of aryl methyl sites for hydroxylation is 1. The van der Waals surface area contributed by atoms with Crippen molar-refractivity contribution in [3.8, 4) is 0 Å². The Kier molecular flexibility index (Phi) is 3.50. The van der Waals surface area contributed by atoms with Crippen molar-refractivity contribution in [2.24, 2.45) is 0 Å². The topological polar surface area (TPSA) is 57.8 Å². The van der Waals surface area contributed by atoms with E-state index >= 15 is 0 Å². The van der Waals surface area contributed by atoms with Crippen LogP contribution in [-0.2, 0) is 6.54 Å². The molecule has 2 heterocycles. The number of benzene rings is 2. The van der Waals surface area contributed by atoms with E-state index in [1.54, 1.807) is 0 Å². The van der Waals surface area contributed by atoms with Crippen molar-refractivity contribution in [1.82, 2.24) is 9.97 Å². The maximum absolute atomic E-state index is 12.2. The van der Waals surface area contributed by atoms with Crippen LogP contribution < -0.4 is 10.9 Å². The summed E-state index contributed by atoms with van der Waals surface area (Å²) in [6, 6.07) is 19.8. The van der Waals surface area contributed by atoms with Gasteiger partial charge in [-0.25, -0.2) is 0 Å². The lowest BCUT2D eigenvalue weighted by Gasteiger charge is -2.08. The Morgan fingerprint density at radius 2 is 1.88 bits per heavy atom. The normalized spacial score (nSPS) is 11.0. The second-order valence-electron chi connectivity index (χ2n) is 5.92. The molecule has 0 saturated heterocycles. The summed E-state index contributed by atoms with van der Waals surface area (Å²) in [5.41, 5.74) is 4.48. The van der Waals surface area contributed by atoms with Crippen LogP contribution in [0.3, 0.4) is 0 Å². The van der Waals surface area contributed by atoms with E-state index in [0.717, 1.165) is 38.8 Å². The van der Waals surface area contributed by atoms with E-state index in [1.165, 1.54) is 0 Å². The second-order valence-corrected chi connectivity index (χ2v) is 5.92. The predicted molar refractivity (Wildman–Crippen MR) is 98.4 cm³/mol. The summed E-state index contributed by atoms with van der Waals surface area (Å²) in [5, 5.41) is 5.44. The Bertz CT molecular complexity index is 1100. The minimum absolute atomic E-state index is 0.0562. The minimum Gasteiger partial charge on any atom is -0.381 e. The van der Waals surface area contributed by atoms with Crippen molar-refractivity contribution in [2.75, 3.05) is 5.32 Å². The number of nitrogens with zero attached hydrogens (tertiary/aromatic N) is 1. The summed E-state index contributed by atoms with van der Waals surface area (Å²) < 4.78 is 0. The third-order valence-corrected chi connectivity index (χ3v) is 4.14. The molecule has 0 aliphatic heterocycles. The van der Waals surface area contributed by atoms with Gasteiger partial charge in [0.15, 0.2) is 0 Å². The van der Waals surface area contributed by atoms with E-state index in [-0.39, 0.29) is 5.56 Å². The maximum atomic E-state index is 12.2. The van der Waals surface area contributed by atoms with E-state index in [9.17, 15) is 4.79 Å². The number of nitrogens with one attached hydrogen (secondary N) is 2. The van der Waals surface area contributed by atoms with Gasteiger partial charge in [0.2, 0.25) is 0 Å². The highest BCUT2D eigenvalue weighted by atomic mass is 16.1. The maximum Gasteiger partial charge on any atom is 0.253 e. The van der Waals surface area contributed by atoms with Gasteiger partial charge in [0, 0.05) is 34.4 Å². The number of pyridine rings is 2. The number of fused-ring (bicyclic) bond motifs is 2. The second kappa shape index (κ2) is 5.81. The van der Waals surface area contributed by atoms with Gasteiger partial charge >= 0.3 is 0 Å². The zero-order valence-corrected chi connectivity index (χ0v) is 13.3. The van der Waals surface area contributed by atoms with Gasteiger partial charge in [0.05, 0.1) is 5.52 Å². The van der Waals surface area contributed by atoms with Crippen molar-refractivity contribution in [3.63, 3.8) is 0 Å². The van der Waals surface area contributed by atoms with Crippen LogP contribution in [0, 0.1) is 6.92 Å². The van der Waals surface area contributed by atoms with Gasteiger partial charge in [0.25, 0.3) is 5.56 Å². The summed E-state index contributed by atoms with van der Waals surface area (Å²) in [7, 11) is 0. The fourth-order valence-electron chi connectivity index (χ4n) is 2.86. The molecule has 0 bridgehead atoms. The molecule has 2 aromatic carbocycles. The molecule has 0 saturated carbocycles. The van der Waals surface area contributed by atoms with Crippen LogP contribution in [0.4, 0.5) is 5.69 Å². The van der Waals surface area contributed by atoms with Crippen molar-refractivity contribution >= 4 is 27.5 Å². The van der Waals surface area contributed by atoms with Gasteiger partial charge in [-0.1, -0.05) is 24.3 Å². The van der Waals surface area contributed by atoms with Crippen LogP contribution in [0.1, 0.15) is 11.3 Å². The Balaban J connectivity index is 1.61. The SMILES string of the molecule is Cc1ccc2cc(NCc3cc4ccccc4[nH]c3=O)ccc2n1. The molecular weight excluding hydrogens is 298 g/mol. The molecule has 4 heteroatoms. The van der Waals surface area contributed by atoms with E-state index in [1.807, 2.05) is 55.5 Å². The fraction of sp³-hybridized carbons (Fsp3) is 0.100. The number of aromatic nitrogens is 2. The molecule has 4 nitrogen and oxygen atoms in total. The molecule has 0 aliphatic carbocycles. The first kappa shape index (κ1) is 14.5. The van der Waals surface area contributed by atoms with E-state index in [4.69, 9.17) is 0 Å². The highest BCUT2D eigenvalue weighted by Crippen LogP contribution is 2.19. The quantitative estimate of drug-likeness (QED) is 0.601. The molecular formula is C20H17N3O. The van der Waals surface area contributed by atoms with Gasteiger partial charge in [0.1, 0.15) is 0 Å². The third kappa shape index (κ3) is 2.74. The highest BCUT2D eigenvalue weighted by Gasteiger charge is 2.04. The number of rotatable bonds is 3. The van der Waals surface area contributed by atoms with E-state index in [0.29, 0.717) is 6.54 Å². The van der Waals surface area contributed by atoms with Crippen LogP contribution in [0.2, 0.25) is 0 Å². The summed E-state index contributed by atoms with van der Waals surface area (Å²) in [5.74, 6) is 0. The number of hydrogen-bond acceptors (Lipinski definition) is 3. The number of aromatic amines is 1. The smallest absolute Gasteiger partial charge is 0.253 e. The standard InChI is InChI=1S/C20H17N3O/c1-13-6-7-15-11-17(8-9-19(15)22-13)21-12-16-10-14-4-2-3-5-18(14)23-20(16)24/h2-11,21H,12H2,1H3,(H,23,24). The molecule has 4 rings (SSSR count). The molecule has 118 valence electrons. The first-order valence-electron chi connectivity index (χ1n) is 7.91. The zero-order chi connectivity index (χ0) is 16.5. The van der Waals surface area contributed by atoms with E-state index in [2.05, 4.69) is 27.4 Å². The largest absolute Gasteiger partial charge is 0.381 e.